The van der Waals surface area contributed by atoms with Crippen LogP contribution in [0.5, 0.6) is 0 Å². The molecule has 0 aromatic carbocycles. The Morgan fingerprint density at radius 1 is 1.65 bits per heavy atom. The second-order valence-electron chi connectivity index (χ2n) is 5.21. The highest BCUT2D eigenvalue weighted by Crippen LogP contribution is 2.33. The third kappa shape index (κ3) is 3.17. The largest absolute Gasteiger partial charge is 0.391 e. The summed E-state index contributed by atoms with van der Waals surface area (Å²) in [6.07, 6.45) is 1.46. The molecular formula is C12H17ClN4O3. The maximum absolute atomic E-state index is 11.1. The van der Waals surface area contributed by atoms with Crippen LogP contribution in [0.4, 0.5) is 11.5 Å². The van der Waals surface area contributed by atoms with E-state index in [-0.39, 0.29) is 22.6 Å². The van der Waals surface area contributed by atoms with Crippen LogP contribution in [0.3, 0.4) is 0 Å². The van der Waals surface area contributed by atoms with Crippen LogP contribution in [0.2, 0.25) is 5.02 Å². The first-order chi connectivity index (χ1) is 9.38. The van der Waals surface area contributed by atoms with Gasteiger partial charge >= 0.3 is 5.69 Å². The Kier molecular flexibility index (Phi) is 4.42. The number of halogens is 1. The van der Waals surface area contributed by atoms with Crippen LogP contribution < -0.4 is 4.90 Å². The molecular weight excluding hydrogens is 284 g/mol. The molecule has 1 fully saturated rings. The van der Waals surface area contributed by atoms with E-state index in [1.165, 1.54) is 12.3 Å². The lowest BCUT2D eigenvalue weighted by Gasteiger charge is -2.27. The van der Waals surface area contributed by atoms with E-state index < -0.39 is 11.0 Å². The summed E-state index contributed by atoms with van der Waals surface area (Å²) in [6.45, 7) is 1.03. The number of pyridine rings is 1. The summed E-state index contributed by atoms with van der Waals surface area (Å²) in [4.78, 5) is 18.5. The van der Waals surface area contributed by atoms with Crippen molar-refractivity contribution in [3.8, 4) is 0 Å². The minimum Gasteiger partial charge on any atom is -0.391 e. The molecule has 110 valence electrons. The Balaban J connectivity index is 2.36. The van der Waals surface area contributed by atoms with Gasteiger partial charge in [-0.15, -0.1) is 0 Å². The van der Waals surface area contributed by atoms with Crippen molar-refractivity contribution in [2.75, 3.05) is 32.1 Å². The van der Waals surface area contributed by atoms with Crippen molar-refractivity contribution in [2.45, 2.75) is 18.6 Å². The number of likely N-dealkylation sites (N-methyl/N-ethyl adjacent to an activating group) is 1. The van der Waals surface area contributed by atoms with Gasteiger partial charge in [-0.05, 0) is 20.5 Å². The SMILES string of the molecule is CN(C)CC1CC(O)CN1c1ncc(Cl)cc1[N+](=O)[O-]. The normalized spacial score (nSPS) is 22.6. The van der Waals surface area contributed by atoms with Gasteiger partial charge in [0, 0.05) is 31.4 Å². The van der Waals surface area contributed by atoms with Gasteiger partial charge in [0.1, 0.15) is 0 Å². The lowest BCUT2D eigenvalue weighted by atomic mass is 10.2. The average molecular weight is 301 g/mol. The van der Waals surface area contributed by atoms with E-state index in [1.54, 1.807) is 4.90 Å². The minimum absolute atomic E-state index is 0.00706. The molecule has 0 amide bonds. The molecule has 1 aromatic rings. The number of aromatic nitrogens is 1. The molecule has 20 heavy (non-hydrogen) atoms. The van der Waals surface area contributed by atoms with Gasteiger partial charge in [-0.2, -0.15) is 0 Å². The molecule has 1 aliphatic rings. The van der Waals surface area contributed by atoms with Crippen LogP contribution in [-0.2, 0) is 0 Å². The third-order valence-electron chi connectivity index (χ3n) is 3.25. The average Bonchev–Trinajstić information content (AvgIpc) is 2.69. The fraction of sp³-hybridized carbons (Fsp3) is 0.583. The fourth-order valence-corrected chi connectivity index (χ4v) is 2.68. The molecule has 0 aliphatic carbocycles. The first kappa shape index (κ1) is 15.0. The standard InChI is InChI=1S/C12H17ClN4O3/c1-15(2)6-9-4-10(18)7-16(9)12-11(17(19)20)3-8(13)5-14-12/h3,5,9-10,18H,4,6-7H2,1-2H3. The fourth-order valence-electron chi connectivity index (χ4n) is 2.52. The molecule has 2 atom stereocenters. The number of aliphatic hydroxyl groups excluding tert-OH is 1. The van der Waals surface area contributed by atoms with Crippen molar-refractivity contribution in [1.82, 2.24) is 9.88 Å². The van der Waals surface area contributed by atoms with Crippen molar-refractivity contribution < 1.29 is 10.0 Å². The molecule has 2 rings (SSSR count). The van der Waals surface area contributed by atoms with Crippen LogP contribution in [0.25, 0.3) is 0 Å². The summed E-state index contributed by atoms with van der Waals surface area (Å²) >= 11 is 5.77. The smallest absolute Gasteiger partial charge is 0.313 e. The van der Waals surface area contributed by atoms with Gasteiger partial charge in [-0.3, -0.25) is 10.1 Å². The highest BCUT2D eigenvalue weighted by molar-refractivity contribution is 6.30. The number of nitro groups is 1. The van der Waals surface area contributed by atoms with Gasteiger partial charge in [0.2, 0.25) is 5.82 Å². The van der Waals surface area contributed by atoms with E-state index >= 15 is 0 Å². The molecule has 7 nitrogen and oxygen atoms in total. The molecule has 1 saturated heterocycles. The Labute approximate surface area is 121 Å². The summed E-state index contributed by atoms with van der Waals surface area (Å²) < 4.78 is 0. The summed E-state index contributed by atoms with van der Waals surface area (Å²) in [5, 5.41) is 21.2. The molecule has 1 aromatic heterocycles. The Hall–Kier alpha value is -1.44. The van der Waals surface area contributed by atoms with Crippen LogP contribution in [0.1, 0.15) is 6.42 Å². The zero-order chi connectivity index (χ0) is 14.9. The maximum Gasteiger partial charge on any atom is 0.313 e. The van der Waals surface area contributed by atoms with Crippen LogP contribution in [-0.4, -0.2) is 59.2 Å². The Bertz CT molecular complexity index is 511. The molecule has 2 heterocycles. The predicted molar refractivity (Wildman–Crippen MR) is 76.2 cm³/mol. The number of hydrogen-bond acceptors (Lipinski definition) is 6. The molecule has 0 saturated carbocycles. The molecule has 2 unspecified atom stereocenters. The second kappa shape index (κ2) is 5.90. The topological polar surface area (TPSA) is 82.7 Å². The van der Waals surface area contributed by atoms with Crippen molar-refractivity contribution in [3.05, 3.63) is 27.4 Å². The number of β-amino-alcohol motifs (C(OH)–C–C–N with tert-alkyl or cyclic N) is 1. The zero-order valence-electron chi connectivity index (χ0n) is 11.4. The molecule has 0 radical (unpaired) electrons. The third-order valence-corrected chi connectivity index (χ3v) is 3.46. The number of hydrogen-bond donors (Lipinski definition) is 1. The van der Waals surface area contributed by atoms with E-state index in [4.69, 9.17) is 11.6 Å². The molecule has 0 bridgehead atoms. The number of nitrogens with zero attached hydrogens (tertiary/aromatic N) is 4. The van der Waals surface area contributed by atoms with E-state index in [2.05, 4.69) is 4.98 Å². The monoisotopic (exact) mass is 300 g/mol. The first-order valence-corrected chi connectivity index (χ1v) is 6.65. The summed E-state index contributed by atoms with van der Waals surface area (Å²) in [5.41, 5.74) is -0.129. The summed E-state index contributed by atoms with van der Waals surface area (Å²) in [5.74, 6) is 0.266. The number of rotatable bonds is 4. The van der Waals surface area contributed by atoms with Crippen molar-refractivity contribution in [3.63, 3.8) is 0 Å². The summed E-state index contributed by atoms with van der Waals surface area (Å²) in [6, 6.07) is 1.29. The van der Waals surface area contributed by atoms with Gasteiger partial charge in [-0.1, -0.05) is 11.6 Å². The van der Waals surface area contributed by atoms with Crippen LogP contribution in [0.15, 0.2) is 12.3 Å². The van der Waals surface area contributed by atoms with Crippen LogP contribution in [0, 0.1) is 10.1 Å². The number of aliphatic hydroxyl groups is 1. The molecule has 1 aliphatic heterocycles. The minimum atomic E-state index is -0.503. The Morgan fingerprint density at radius 2 is 2.35 bits per heavy atom. The first-order valence-electron chi connectivity index (χ1n) is 6.28. The highest BCUT2D eigenvalue weighted by Gasteiger charge is 2.35. The number of anilines is 1. The molecule has 0 spiro atoms. The lowest BCUT2D eigenvalue weighted by Crippen LogP contribution is -2.38. The molecule has 8 heteroatoms. The van der Waals surface area contributed by atoms with Crippen LogP contribution >= 0.6 is 11.6 Å². The van der Waals surface area contributed by atoms with E-state index in [9.17, 15) is 15.2 Å². The van der Waals surface area contributed by atoms with Gasteiger partial charge in [0.25, 0.3) is 0 Å². The van der Waals surface area contributed by atoms with Crippen molar-refractivity contribution in [2.24, 2.45) is 0 Å². The second-order valence-corrected chi connectivity index (χ2v) is 5.65. The van der Waals surface area contributed by atoms with Gasteiger partial charge in [-0.25, -0.2) is 4.98 Å². The summed E-state index contributed by atoms with van der Waals surface area (Å²) in [7, 11) is 3.85. The molecule has 1 N–H and O–H groups in total. The van der Waals surface area contributed by atoms with E-state index in [1.807, 2.05) is 19.0 Å². The quantitative estimate of drug-likeness (QED) is 0.663. The predicted octanol–water partition coefficient (Wildman–Crippen LogP) is 1.14. The van der Waals surface area contributed by atoms with E-state index in [0.29, 0.717) is 19.5 Å². The highest BCUT2D eigenvalue weighted by atomic mass is 35.5. The maximum atomic E-state index is 11.1. The van der Waals surface area contributed by atoms with Gasteiger partial charge in [0.05, 0.1) is 16.0 Å². The van der Waals surface area contributed by atoms with Gasteiger partial charge < -0.3 is 14.9 Å². The van der Waals surface area contributed by atoms with Crippen molar-refractivity contribution in [1.29, 1.82) is 0 Å². The Morgan fingerprint density at radius 3 is 2.95 bits per heavy atom. The van der Waals surface area contributed by atoms with E-state index in [0.717, 1.165) is 0 Å². The van der Waals surface area contributed by atoms with Gasteiger partial charge in [0.15, 0.2) is 0 Å². The van der Waals surface area contributed by atoms with Crippen molar-refractivity contribution >= 4 is 23.1 Å². The zero-order valence-corrected chi connectivity index (χ0v) is 12.1. The lowest BCUT2D eigenvalue weighted by molar-refractivity contribution is -0.384.